The van der Waals surface area contributed by atoms with E-state index in [0.29, 0.717) is 31.2 Å². The number of ether oxygens (including phenoxy) is 2. The zero-order valence-electron chi connectivity index (χ0n) is 17.5. The predicted molar refractivity (Wildman–Crippen MR) is 123 cm³/mol. The number of anilines is 2. The van der Waals surface area contributed by atoms with Crippen LogP contribution in [0.25, 0.3) is 11.3 Å². The first-order valence-corrected chi connectivity index (χ1v) is 10.9. The Morgan fingerprint density at radius 2 is 1.65 bits per heavy atom. The maximum atomic E-state index is 12.2. The summed E-state index contributed by atoms with van der Waals surface area (Å²) in [7, 11) is 0. The molecule has 8 heteroatoms. The molecule has 2 N–H and O–H groups in total. The summed E-state index contributed by atoms with van der Waals surface area (Å²) in [5.74, 6) is 1.34. The lowest BCUT2D eigenvalue weighted by Gasteiger charge is -2.07. The highest BCUT2D eigenvalue weighted by Gasteiger charge is 2.09. The number of benzene rings is 2. The van der Waals surface area contributed by atoms with Gasteiger partial charge in [-0.2, -0.15) is 0 Å². The van der Waals surface area contributed by atoms with Crippen LogP contribution in [0.2, 0.25) is 0 Å². The van der Waals surface area contributed by atoms with Crippen LogP contribution in [0, 0.1) is 0 Å². The summed E-state index contributed by atoms with van der Waals surface area (Å²) < 4.78 is 11.1. The minimum atomic E-state index is -0.115. The summed E-state index contributed by atoms with van der Waals surface area (Å²) >= 11 is 1.37. The summed E-state index contributed by atoms with van der Waals surface area (Å²) in [6.45, 7) is 4.48. The van der Waals surface area contributed by atoms with Crippen molar-refractivity contribution in [3.8, 4) is 22.8 Å². The highest BCUT2D eigenvalue weighted by atomic mass is 32.1. The minimum absolute atomic E-state index is 0.0998. The number of carbonyl (C=O) groups excluding carboxylic acids is 2. The van der Waals surface area contributed by atoms with Crippen LogP contribution in [0.5, 0.6) is 11.5 Å². The largest absolute Gasteiger partial charge is 0.494 e. The molecule has 0 saturated carbocycles. The Morgan fingerprint density at radius 3 is 2.29 bits per heavy atom. The van der Waals surface area contributed by atoms with Crippen molar-refractivity contribution < 1.29 is 19.1 Å². The zero-order chi connectivity index (χ0) is 22.1. The van der Waals surface area contributed by atoms with Gasteiger partial charge in [0.15, 0.2) is 5.13 Å². The Labute approximate surface area is 185 Å². The van der Waals surface area contributed by atoms with Gasteiger partial charge in [-0.3, -0.25) is 9.59 Å². The van der Waals surface area contributed by atoms with Gasteiger partial charge in [0, 0.05) is 30.0 Å². The Bertz CT molecular complexity index is 1000. The van der Waals surface area contributed by atoms with Crippen LogP contribution in [0.15, 0.2) is 53.9 Å². The van der Waals surface area contributed by atoms with Gasteiger partial charge in [0.1, 0.15) is 11.5 Å². The Balaban J connectivity index is 1.41. The first kappa shape index (κ1) is 22.3. The van der Waals surface area contributed by atoms with Gasteiger partial charge in [-0.05, 0) is 49.7 Å². The van der Waals surface area contributed by atoms with E-state index in [4.69, 9.17) is 9.47 Å². The molecular formula is C23H25N3O4S. The number of nitrogens with zero attached hydrogens (tertiary/aromatic N) is 1. The molecular weight excluding hydrogens is 414 g/mol. The standard InChI is InChI=1S/C23H25N3O4S/c1-3-29-19-10-12-20(13-11-19)30-14-4-5-22(28)26-23-25-21(15-31-23)17-6-8-18(9-7-17)24-16(2)27/h6-13,15H,3-5,14H2,1-2H3,(H,24,27)(H,25,26,28). The Kier molecular flexibility index (Phi) is 8.00. The van der Waals surface area contributed by atoms with Crippen LogP contribution >= 0.6 is 11.3 Å². The van der Waals surface area contributed by atoms with Crippen molar-refractivity contribution in [2.75, 3.05) is 23.8 Å². The van der Waals surface area contributed by atoms with E-state index in [1.54, 1.807) is 0 Å². The van der Waals surface area contributed by atoms with Gasteiger partial charge < -0.3 is 20.1 Å². The fraction of sp³-hybridized carbons (Fsp3) is 0.261. The minimum Gasteiger partial charge on any atom is -0.494 e. The van der Waals surface area contributed by atoms with Crippen LogP contribution in [-0.2, 0) is 9.59 Å². The van der Waals surface area contributed by atoms with E-state index >= 15 is 0 Å². The number of aromatic nitrogens is 1. The molecule has 2 amide bonds. The van der Waals surface area contributed by atoms with Gasteiger partial charge >= 0.3 is 0 Å². The van der Waals surface area contributed by atoms with Gasteiger partial charge in [0.2, 0.25) is 11.8 Å². The molecule has 0 atom stereocenters. The molecule has 0 aliphatic heterocycles. The van der Waals surface area contributed by atoms with Crippen molar-refractivity contribution in [3.63, 3.8) is 0 Å². The van der Waals surface area contributed by atoms with Crippen LogP contribution < -0.4 is 20.1 Å². The smallest absolute Gasteiger partial charge is 0.226 e. The molecule has 31 heavy (non-hydrogen) atoms. The van der Waals surface area contributed by atoms with E-state index in [2.05, 4.69) is 15.6 Å². The molecule has 0 saturated heterocycles. The first-order valence-electron chi connectivity index (χ1n) is 10.0. The Hall–Kier alpha value is -3.39. The molecule has 7 nitrogen and oxygen atoms in total. The van der Waals surface area contributed by atoms with Crippen LogP contribution in [0.1, 0.15) is 26.7 Å². The summed E-state index contributed by atoms with van der Waals surface area (Å²) in [6, 6.07) is 14.8. The van der Waals surface area contributed by atoms with E-state index in [0.717, 1.165) is 28.4 Å². The molecule has 3 rings (SSSR count). The fourth-order valence-corrected chi connectivity index (χ4v) is 3.53. The molecule has 0 aliphatic carbocycles. The van der Waals surface area contributed by atoms with E-state index < -0.39 is 0 Å². The van der Waals surface area contributed by atoms with Crippen LogP contribution in [-0.4, -0.2) is 30.0 Å². The lowest BCUT2D eigenvalue weighted by molar-refractivity contribution is -0.116. The number of hydrogen-bond acceptors (Lipinski definition) is 6. The molecule has 1 aromatic heterocycles. The molecule has 0 spiro atoms. The first-order chi connectivity index (χ1) is 15.0. The number of amides is 2. The number of carbonyl (C=O) groups is 2. The molecule has 1 heterocycles. The van der Waals surface area contributed by atoms with Crippen molar-refractivity contribution in [3.05, 3.63) is 53.9 Å². The maximum absolute atomic E-state index is 12.2. The van der Waals surface area contributed by atoms with Crippen molar-refractivity contribution in [2.45, 2.75) is 26.7 Å². The highest BCUT2D eigenvalue weighted by Crippen LogP contribution is 2.26. The van der Waals surface area contributed by atoms with E-state index in [1.807, 2.05) is 60.8 Å². The maximum Gasteiger partial charge on any atom is 0.226 e. The predicted octanol–water partition coefficient (Wildman–Crippen LogP) is 4.96. The number of hydrogen-bond donors (Lipinski definition) is 2. The molecule has 0 bridgehead atoms. The van der Waals surface area contributed by atoms with Gasteiger partial charge in [-0.1, -0.05) is 12.1 Å². The van der Waals surface area contributed by atoms with Crippen LogP contribution in [0.4, 0.5) is 10.8 Å². The van der Waals surface area contributed by atoms with Gasteiger partial charge in [0.05, 0.1) is 18.9 Å². The molecule has 0 fully saturated rings. The molecule has 0 radical (unpaired) electrons. The van der Waals surface area contributed by atoms with Gasteiger partial charge in [-0.15, -0.1) is 11.3 Å². The lowest BCUT2D eigenvalue weighted by atomic mass is 10.1. The second-order valence-corrected chi connectivity index (χ2v) is 7.56. The third-order valence-electron chi connectivity index (χ3n) is 4.20. The molecule has 0 aliphatic rings. The van der Waals surface area contributed by atoms with Crippen molar-refractivity contribution in [2.24, 2.45) is 0 Å². The van der Waals surface area contributed by atoms with Crippen molar-refractivity contribution in [1.82, 2.24) is 4.98 Å². The molecule has 162 valence electrons. The quantitative estimate of drug-likeness (QED) is 0.436. The van der Waals surface area contributed by atoms with Gasteiger partial charge in [-0.25, -0.2) is 4.98 Å². The average Bonchev–Trinajstić information content (AvgIpc) is 3.21. The van der Waals surface area contributed by atoms with Crippen LogP contribution in [0.3, 0.4) is 0 Å². The van der Waals surface area contributed by atoms with E-state index in [-0.39, 0.29) is 11.8 Å². The number of thiazole rings is 1. The fourth-order valence-electron chi connectivity index (χ4n) is 2.79. The summed E-state index contributed by atoms with van der Waals surface area (Å²) in [4.78, 5) is 27.7. The van der Waals surface area contributed by atoms with E-state index in [9.17, 15) is 9.59 Å². The zero-order valence-corrected chi connectivity index (χ0v) is 18.3. The molecule has 0 unspecified atom stereocenters. The van der Waals surface area contributed by atoms with Crippen molar-refractivity contribution >= 4 is 34.0 Å². The highest BCUT2D eigenvalue weighted by molar-refractivity contribution is 7.14. The Morgan fingerprint density at radius 1 is 0.968 bits per heavy atom. The molecule has 3 aromatic rings. The van der Waals surface area contributed by atoms with Gasteiger partial charge in [0.25, 0.3) is 0 Å². The topological polar surface area (TPSA) is 89.6 Å². The number of rotatable bonds is 10. The SMILES string of the molecule is CCOc1ccc(OCCCC(=O)Nc2nc(-c3ccc(NC(C)=O)cc3)cs2)cc1. The average molecular weight is 440 g/mol. The molecule has 2 aromatic carbocycles. The second kappa shape index (κ2) is 11.1. The summed E-state index contributed by atoms with van der Waals surface area (Å²) in [6.07, 6.45) is 0.944. The lowest BCUT2D eigenvalue weighted by Crippen LogP contribution is -2.12. The third kappa shape index (κ3) is 7.11. The normalized spacial score (nSPS) is 10.4. The summed E-state index contributed by atoms with van der Waals surface area (Å²) in [5.41, 5.74) is 2.41. The monoisotopic (exact) mass is 439 g/mol. The van der Waals surface area contributed by atoms with Crippen molar-refractivity contribution in [1.29, 1.82) is 0 Å². The third-order valence-corrected chi connectivity index (χ3v) is 4.96. The number of nitrogens with one attached hydrogen (secondary N) is 2. The summed E-state index contributed by atoms with van der Waals surface area (Å²) in [5, 5.41) is 8.00. The second-order valence-electron chi connectivity index (χ2n) is 6.70. The van der Waals surface area contributed by atoms with E-state index in [1.165, 1.54) is 18.3 Å².